The summed E-state index contributed by atoms with van der Waals surface area (Å²) in [5.74, 6) is 1.03. The number of anilines is 1. The van der Waals surface area contributed by atoms with Crippen molar-refractivity contribution in [2.24, 2.45) is 5.73 Å². The summed E-state index contributed by atoms with van der Waals surface area (Å²) in [6.07, 6.45) is 0.853. The number of rotatable bonds is 13. The van der Waals surface area contributed by atoms with Crippen LogP contribution >= 0.6 is 0 Å². The van der Waals surface area contributed by atoms with Gasteiger partial charge >= 0.3 is 0 Å². The molecule has 0 fully saturated rings. The molecule has 0 saturated carbocycles. The van der Waals surface area contributed by atoms with E-state index in [1.807, 2.05) is 85.8 Å². The summed E-state index contributed by atoms with van der Waals surface area (Å²) in [4.78, 5) is 13.6. The van der Waals surface area contributed by atoms with Crippen LogP contribution in [0.15, 0.2) is 103 Å². The highest BCUT2D eigenvalue weighted by molar-refractivity contribution is 5.95. The summed E-state index contributed by atoms with van der Waals surface area (Å²) in [5, 5.41) is 14.1. The topological polar surface area (TPSA) is 109 Å². The van der Waals surface area contributed by atoms with Gasteiger partial charge in [0.15, 0.2) is 0 Å². The van der Waals surface area contributed by atoms with Crippen molar-refractivity contribution in [3.63, 3.8) is 0 Å². The van der Waals surface area contributed by atoms with Crippen LogP contribution in [-0.4, -0.2) is 18.3 Å². The lowest BCUT2D eigenvalue weighted by Crippen LogP contribution is -2.33. The number of amides is 1. The molecule has 0 aliphatic carbocycles. The largest absolute Gasteiger partial charge is 0.493 e. The second kappa shape index (κ2) is 13.7. The molecule has 200 valence electrons. The Labute approximate surface area is 229 Å². The lowest BCUT2D eigenvalue weighted by atomic mass is 10.0. The number of hydrogen-bond donors (Lipinski definition) is 4. The Kier molecular flexibility index (Phi) is 9.56. The highest BCUT2D eigenvalue weighted by Gasteiger charge is 2.23. The molecule has 0 radical (unpaired) electrons. The van der Waals surface area contributed by atoms with Gasteiger partial charge in [-0.2, -0.15) is 0 Å². The summed E-state index contributed by atoms with van der Waals surface area (Å²) in [6.45, 7) is 3.38. The van der Waals surface area contributed by atoms with Gasteiger partial charge in [-0.1, -0.05) is 67.6 Å². The molecule has 0 saturated heterocycles. The fraction of sp³-hybridized carbons (Fsp3) is 0.188. The first kappa shape index (κ1) is 27.3. The maximum absolute atomic E-state index is 13.6. The minimum Gasteiger partial charge on any atom is -0.493 e. The van der Waals surface area contributed by atoms with Crippen LogP contribution in [-0.2, 0) is 17.9 Å². The smallest absolute Gasteiger partial charge is 0.247 e. The average Bonchev–Trinajstić information content (AvgIpc) is 2.97. The molecule has 0 bridgehead atoms. The van der Waals surface area contributed by atoms with E-state index in [0.717, 1.165) is 17.5 Å². The van der Waals surface area contributed by atoms with Crippen LogP contribution in [0.3, 0.4) is 0 Å². The van der Waals surface area contributed by atoms with Crippen molar-refractivity contribution in [1.82, 2.24) is 5.32 Å². The molecule has 39 heavy (non-hydrogen) atoms. The molecule has 7 heteroatoms. The molecule has 1 unspecified atom stereocenters. The molecule has 0 aliphatic rings. The number of carbonyl (C=O) groups is 1. The number of carbonyl (C=O) groups excluding carboxylic acids is 1. The molecule has 0 aliphatic heterocycles. The first-order chi connectivity index (χ1) is 19.0. The third-order valence-electron chi connectivity index (χ3n) is 6.04. The van der Waals surface area contributed by atoms with Gasteiger partial charge in [0, 0.05) is 23.9 Å². The third kappa shape index (κ3) is 8.10. The van der Waals surface area contributed by atoms with Crippen molar-refractivity contribution < 1.29 is 14.3 Å². The van der Waals surface area contributed by atoms with Gasteiger partial charge in [-0.15, -0.1) is 0 Å². The van der Waals surface area contributed by atoms with Crippen LogP contribution in [0.4, 0.5) is 5.69 Å². The Morgan fingerprint density at radius 1 is 0.846 bits per heavy atom. The number of hydrogen-bond acceptors (Lipinski definition) is 5. The van der Waals surface area contributed by atoms with E-state index in [1.165, 1.54) is 0 Å². The average molecular weight is 523 g/mol. The number of nitrogens with one attached hydrogen (secondary N) is 3. The van der Waals surface area contributed by atoms with Crippen molar-refractivity contribution in [3.8, 4) is 11.5 Å². The zero-order chi connectivity index (χ0) is 27.5. The normalized spacial score (nSPS) is 11.3. The summed E-state index contributed by atoms with van der Waals surface area (Å²) in [5.41, 5.74) is 9.68. The summed E-state index contributed by atoms with van der Waals surface area (Å²) in [6, 6.07) is 31.6. The molecular weight excluding hydrogens is 488 g/mol. The maximum Gasteiger partial charge on any atom is 0.247 e. The molecule has 1 atom stereocenters. The van der Waals surface area contributed by atoms with E-state index in [4.69, 9.17) is 20.6 Å². The molecule has 4 rings (SSSR count). The molecule has 0 heterocycles. The van der Waals surface area contributed by atoms with E-state index in [9.17, 15) is 4.79 Å². The fourth-order valence-electron chi connectivity index (χ4n) is 3.99. The molecular formula is C32H34N4O3. The number of benzene rings is 4. The summed E-state index contributed by atoms with van der Waals surface area (Å²) < 4.78 is 12.1. The quantitative estimate of drug-likeness (QED) is 0.131. The Hall–Kier alpha value is -4.78. The molecule has 5 N–H and O–H groups in total. The van der Waals surface area contributed by atoms with Gasteiger partial charge in [0.05, 0.1) is 6.61 Å². The third-order valence-corrected chi connectivity index (χ3v) is 6.04. The van der Waals surface area contributed by atoms with Crippen LogP contribution in [0.1, 0.15) is 41.6 Å². The van der Waals surface area contributed by atoms with E-state index in [-0.39, 0.29) is 11.7 Å². The Bertz CT molecular complexity index is 1360. The van der Waals surface area contributed by atoms with E-state index >= 15 is 0 Å². The lowest BCUT2D eigenvalue weighted by Gasteiger charge is -2.22. The van der Waals surface area contributed by atoms with Crippen molar-refractivity contribution in [2.45, 2.75) is 32.5 Å². The zero-order valence-corrected chi connectivity index (χ0v) is 22.0. The predicted molar refractivity (Wildman–Crippen MR) is 155 cm³/mol. The van der Waals surface area contributed by atoms with Crippen molar-refractivity contribution in [3.05, 3.63) is 125 Å². The number of nitrogen functional groups attached to an aromatic ring is 1. The van der Waals surface area contributed by atoms with E-state index in [2.05, 4.69) is 10.6 Å². The van der Waals surface area contributed by atoms with Crippen molar-refractivity contribution in [1.29, 1.82) is 5.41 Å². The van der Waals surface area contributed by atoms with Crippen molar-refractivity contribution >= 4 is 17.4 Å². The Balaban J connectivity index is 1.63. The molecule has 0 spiro atoms. The van der Waals surface area contributed by atoms with Crippen LogP contribution in [0.5, 0.6) is 11.5 Å². The first-order valence-corrected chi connectivity index (χ1v) is 13.0. The molecule has 4 aromatic carbocycles. The number of amidine groups is 1. The van der Waals surface area contributed by atoms with Crippen molar-refractivity contribution in [2.75, 3.05) is 11.9 Å². The van der Waals surface area contributed by atoms with Gasteiger partial charge < -0.3 is 25.8 Å². The molecule has 7 nitrogen and oxygen atoms in total. The highest BCUT2D eigenvalue weighted by atomic mass is 16.5. The van der Waals surface area contributed by atoms with Gasteiger partial charge in [-0.05, 0) is 59.5 Å². The minimum absolute atomic E-state index is 0.0142. The SMILES string of the molecule is CCCOc1cc(OCc2ccccc2)cc(C(Nc2ccc(C(=N)N)cc2)C(=O)NCc2ccccc2)c1. The van der Waals surface area contributed by atoms with Crippen LogP contribution < -0.4 is 25.8 Å². The van der Waals surface area contributed by atoms with Crippen LogP contribution in [0.25, 0.3) is 0 Å². The fourth-order valence-corrected chi connectivity index (χ4v) is 3.99. The molecule has 0 aromatic heterocycles. The predicted octanol–water partition coefficient (Wildman–Crippen LogP) is 5.81. The van der Waals surface area contributed by atoms with Gasteiger partial charge in [0.2, 0.25) is 5.91 Å². The second-order valence-corrected chi connectivity index (χ2v) is 9.13. The molecule has 1 amide bonds. The maximum atomic E-state index is 13.6. The van der Waals surface area contributed by atoms with Gasteiger partial charge in [0.25, 0.3) is 0 Å². The number of nitrogens with two attached hydrogens (primary N) is 1. The Morgan fingerprint density at radius 3 is 2.08 bits per heavy atom. The highest BCUT2D eigenvalue weighted by Crippen LogP contribution is 2.30. The number of ether oxygens (including phenoxy) is 2. The minimum atomic E-state index is -0.735. The second-order valence-electron chi connectivity index (χ2n) is 9.13. The lowest BCUT2D eigenvalue weighted by molar-refractivity contribution is -0.122. The van der Waals surface area contributed by atoms with Gasteiger partial charge in [0.1, 0.15) is 30.0 Å². The van der Waals surface area contributed by atoms with Gasteiger partial charge in [-0.25, -0.2) is 0 Å². The monoisotopic (exact) mass is 522 g/mol. The standard InChI is InChI=1S/C32H34N4O3/c1-2-17-38-28-18-26(19-29(20-28)39-22-24-11-7-4-8-12-24)30(32(37)35-21-23-9-5-3-6-10-23)36-27-15-13-25(14-16-27)31(33)34/h3-16,18-20,30,36H,2,17,21-22H2,1H3,(H3,33,34)(H,35,37). The van der Waals surface area contributed by atoms with E-state index < -0.39 is 6.04 Å². The Morgan fingerprint density at radius 2 is 1.46 bits per heavy atom. The first-order valence-electron chi connectivity index (χ1n) is 13.0. The van der Waals surface area contributed by atoms with E-state index in [0.29, 0.717) is 48.1 Å². The van der Waals surface area contributed by atoms with Gasteiger partial charge in [-0.3, -0.25) is 10.2 Å². The summed E-state index contributed by atoms with van der Waals surface area (Å²) in [7, 11) is 0. The summed E-state index contributed by atoms with van der Waals surface area (Å²) >= 11 is 0. The molecule has 4 aromatic rings. The zero-order valence-electron chi connectivity index (χ0n) is 22.0. The van der Waals surface area contributed by atoms with Crippen LogP contribution in [0, 0.1) is 5.41 Å². The van der Waals surface area contributed by atoms with Crippen LogP contribution in [0.2, 0.25) is 0 Å². The van der Waals surface area contributed by atoms with E-state index in [1.54, 1.807) is 24.3 Å².